The molecule has 0 aromatic carbocycles. The molecule has 0 unspecified atom stereocenters. The fourth-order valence-corrected chi connectivity index (χ4v) is 0.935. The second-order valence-corrected chi connectivity index (χ2v) is 4.21. The standard InChI is InChI=1S/C10H20O2/c1-8(2)7-12-10(4,5)6-9(3)11/h8,11H,3,6-7H2,1-2,4-5H3. The minimum atomic E-state index is -0.296. The maximum absolute atomic E-state index is 8.98. The second kappa shape index (κ2) is 4.51. The van der Waals surface area contributed by atoms with Crippen molar-refractivity contribution in [3.8, 4) is 0 Å². The van der Waals surface area contributed by atoms with E-state index in [0.29, 0.717) is 12.3 Å². The lowest BCUT2D eigenvalue weighted by Crippen LogP contribution is -2.26. The van der Waals surface area contributed by atoms with Crippen LogP contribution in [-0.4, -0.2) is 17.3 Å². The van der Waals surface area contributed by atoms with Crippen LogP contribution < -0.4 is 0 Å². The molecule has 0 atom stereocenters. The van der Waals surface area contributed by atoms with Crippen LogP contribution in [0.3, 0.4) is 0 Å². The zero-order valence-electron chi connectivity index (χ0n) is 8.55. The molecule has 0 saturated heterocycles. The first-order valence-electron chi connectivity index (χ1n) is 4.34. The molecule has 2 nitrogen and oxygen atoms in total. The molecule has 0 aromatic heterocycles. The van der Waals surface area contributed by atoms with Gasteiger partial charge in [-0.25, -0.2) is 0 Å². The summed E-state index contributed by atoms with van der Waals surface area (Å²) in [6.07, 6.45) is 0.500. The van der Waals surface area contributed by atoms with Crippen LogP contribution in [0, 0.1) is 5.92 Å². The average Bonchev–Trinajstić information content (AvgIpc) is 1.81. The normalized spacial score (nSPS) is 12.1. The Morgan fingerprint density at radius 3 is 2.33 bits per heavy atom. The highest BCUT2D eigenvalue weighted by molar-refractivity contribution is 4.88. The van der Waals surface area contributed by atoms with E-state index < -0.39 is 0 Å². The highest BCUT2D eigenvalue weighted by Crippen LogP contribution is 2.18. The maximum Gasteiger partial charge on any atom is 0.0879 e. The van der Waals surface area contributed by atoms with Crippen LogP contribution in [-0.2, 0) is 4.74 Å². The smallest absolute Gasteiger partial charge is 0.0879 e. The molecule has 0 fully saturated rings. The van der Waals surface area contributed by atoms with Crippen molar-refractivity contribution in [1.82, 2.24) is 0 Å². The van der Waals surface area contributed by atoms with E-state index in [-0.39, 0.29) is 11.4 Å². The van der Waals surface area contributed by atoms with E-state index in [1.54, 1.807) is 0 Å². The van der Waals surface area contributed by atoms with Gasteiger partial charge in [-0.2, -0.15) is 0 Å². The number of rotatable bonds is 5. The van der Waals surface area contributed by atoms with Gasteiger partial charge in [-0.05, 0) is 19.8 Å². The SMILES string of the molecule is C=C(O)CC(C)(C)OCC(C)C. The van der Waals surface area contributed by atoms with Crippen LogP contribution in [0.1, 0.15) is 34.1 Å². The molecule has 0 rings (SSSR count). The fraction of sp³-hybridized carbons (Fsp3) is 0.800. The minimum absolute atomic E-state index is 0.184. The van der Waals surface area contributed by atoms with Crippen molar-refractivity contribution in [3.63, 3.8) is 0 Å². The summed E-state index contributed by atoms with van der Waals surface area (Å²) in [5.41, 5.74) is -0.296. The molecule has 0 radical (unpaired) electrons. The van der Waals surface area contributed by atoms with Gasteiger partial charge in [0, 0.05) is 13.0 Å². The predicted molar refractivity (Wildman–Crippen MR) is 51.3 cm³/mol. The van der Waals surface area contributed by atoms with Crippen molar-refractivity contribution in [2.75, 3.05) is 6.61 Å². The molecule has 2 heteroatoms. The molecule has 72 valence electrons. The quantitative estimate of drug-likeness (QED) is 0.646. The van der Waals surface area contributed by atoms with Gasteiger partial charge in [0.25, 0.3) is 0 Å². The van der Waals surface area contributed by atoms with E-state index in [0.717, 1.165) is 6.61 Å². The van der Waals surface area contributed by atoms with Crippen molar-refractivity contribution in [2.24, 2.45) is 5.92 Å². The van der Waals surface area contributed by atoms with Crippen molar-refractivity contribution in [3.05, 3.63) is 12.3 Å². The van der Waals surface area contributed by atoms with Crippen molar-refractivity contribution in [2.45, 2.75) is 39.7 Å². The summed E-state index contributed by atoms with van der Waals surface area (Å²) in [7, 11) is 0. The molecular weight excluding hydrogens is 152 g/mol. The molecule has 0 aliphatic heterocycles. The fourth-order valence-electron chi connectivity index (χ4n) is 0.935. The van der Waals surface area contributed by atoms with E-state index in [1.165, 1.54) is 0 Å². The molecule has 0 bridgehead atoms. The van der Waals surface area contributed by atoms with Gasteiger partial charge in [-0.3, -0.25) is 0 Å². The maximum atomic E-state index is 8.98. The lowest BCUT2D eigenvalue weighted by atomic mass is 10.0. The van der Waals surface area contributed by atoms with Crippen LogP contribution >= 0.6 is 0 Å². The molecule has 0 heterocycles. The van der Waals surface area contributed by atoms with Crippen LogP contribution in [0.5, 0.6) is 0 Å². The van der Waals surface area contributed by atoms with Gasteiger partial charge in [0.15, 0.2) is 0 Å². The zero-order chi connectivity index (χ0) is 9.78. The zero-order valence-corrected chi connectivity index (χ0v) is 8.55. The van der Waals surface area contributed by atoms with Crippen molar-refractivity contribution in [1.29, 1.82) is 0 Å². The first kappa shape index (κ1) is 11.5. The number of hydrogen-bond donors (Lipinski definition) is 1. The van der Waals surface area contributed by atoms with E-state index in [4.69, 9.17) is 9.84 Å². The lowest BCUT2D eigenvalue weighted by molar-refractivity contribution is -0.0351. The van der Waals surface area contributed by atoms with E-state index in [9.17, 15) is 0 Å². The number of hydrogen-bond acceptors (Lipinski definition) is 2. The molecule has 0 saturated carbocycles. The predicted octanol–water partition coefficient (Wildman–Crippen LogP) is 2.90. The highest BCUT2D eigenvalue weighted by Gasteiger charge is 2.19. The summed E-state index contributed by atoms with van der Waals surface area (Å²) in [5, 5.41) is 8.98. The Morgan fingerprint density at radius 2 is 2.00 bits per heavy atom. The van der Waals surface area contributed by atoms with Crippen LogP contribution in [0.25, 0.3) is 0 Å². The average molecular weight is 172 g/mol. The van der Waals surface area contributed by atoms with E-state index >= 15 is 0 Å². The summed E-state index contributed by atoms with van der Waals surface area (Å²) in [6, 6.07) is 0. The molecule has 0 amide bonds. The monoisotopic (exact) mass is 172 g/mol. The Balaban J connectivity index is 3.78. The van der Waals surface area contributed by atoms with Crippen molar-refractivity contribution >= 4 is 0 Å². The molecule has 0 spiro atoms. The van der Waals surface area contributed by atoms with Gasteiger partial charge >= 0.3 is 0 Å². The Hall–Kier alpha value is -0.500. The van der Waals surface area contributed by atoms with E-state index in [2.05, 4.69) is 20.4 Å². The van der Waals surface area contributed by atoms with Gasteiger partial charge < -0.3 is 9.84 Å². The third-order valence-electron chi connectivity index (χ3n) is 1.44. The topological polar surface area (TPSA) is 29.5 Å². The molecule has 0 aromatic rings. The number of aliphatic hydroxyl groups excluding tert-OH is 1. The Kier molecular flexibility index (Phi) is 4.32. The summed E-state index contributed by atoms with van der Waals surface area (Å²) in [5.74, 6) is 0.708. The minimum Gasteiger partial charge on any atom is -0.513 e. The largest absolute Gasteiger partial charge is 0.513 e. The van der Waals surface area contributed by atoms with Crippen LogP contribution in [0.4, 0.5) is 0 Å². The molecule has 1 N–H and O–H groups in total. The van der Waals surface area contributed by atoms with Gasteiger partial charge in [-0.1, -0.05) is 20.4 Å². The molecule has 12 heavy (non-hydrogen) atoms. The van der Waals surface area contributed by atoms with Gasteiger partial charge in [0.05, 0.1) is 11.4 Å². The summed E-state index contributed by atoms with van der Waals surface area (Å²) in [4.78, 5) is 0. The Bertz CT molecular complexity index is 148. The number of ether oxygens (including phenoxy) is 1. The van der Waals surface area contributed by atoms with Gasteiger partial charge in [0.1, 0.15) is 0 Å². The summed E-state index contributed by atoms with van der Waals surface area (Å²) < 4.78 is 5.58. The van der Waals surface area contributed by atoms with Crippen LogP contribution in [0.15, 0.2) is 12.3 Å². The first-order valence-corrected chi connectivity index (χ1v) is 4.34. The molecule has 0 aliphatic rings. The molecule has 0 aliphatic carbocycles. The second-order valence-electron chi connectivity index (χ2n) is 4.21. The van der Waals surface area contributed by atoms with Gasteiger partial charge in [0.2, 0.25) is 0 Å². The first-order chi connectivity index (χ1) is 5.33. The third kappa shape index (κ3) is 6.23. The molecular formula is C10H20O2. The summed E-state index contributed by atoms with van der Waals surface area (Å²) >= 11 is 0. The number of aliphatic hydroxyl groups is 1. The van der Waals surface area contributed by atoms with Crippen molar-refractivity contribution < 1.29 is 9.84 Å². The van der Waals surface area contributed by atoms with Gasteiger partial charge in [-0.15, -0.1) is 0 Å². The highest BCUT2D eigenvalue weighted by atomic mass is 16.5. The van der Waals surface area contributed by atoms with Crippen LogP contribution in [0.2, 0.25) is 0 Å². The Labute approximate surface area is 75.2 Å². The Morgan fingerprint density at radius 1 is 1.50 bits per heavy atom. The summed E-state index contributed by atoms with van der Waals surface area (Å²) in [6.45, 7) is 12.3. The van der Waals surface area contributed by atoms with E-state index in [1.807, 2.05) is 13.8 Å². The lowest BCUT2D eigenvalue weighted by Gasteiger charge is -2.25. The third-order valence-corrected chi connectivity index (χ3v) is 1.44.